The van der Waals surface area contributed by atoms with Gasteiger partial charge in [0.15, 0.2) is 0 Å². The van der Waals surface area contributed by atoms with Crippen LogP contribution in [0.5, 0.6) is 0 Å². The fraction of sp³-hybridized carbons (Fsp3) is 0.467. The maximum atomic E-state index is 13.0. The van der Waals surface area contributed by atoms with Crippen LogP contribution in [0.1, 0.15) is 26.2 Å². The molecule has 132 valence electrons. The number of hydrogen-bond acceptors (Lipinski definition) is 4. The Kier molecular flexibility index (Phi) is 5.55. The molecule has 1 saturated heterocycles. The van der Waals surface area contributed by atoms with Gasteiger partial charge in [0.1, 0.15) is 17.9 Å². The zero-order chi connectivity index (χ0) is 17.9. The van der Waals surface area contributed by atoms with Gasteiger partial charge in [0, 0.05) is 6.54 Å². The molecule has 2 atom stereocenters. The van der Waals surface area contributed by atoms with E-state index in [1.165, 1.54) is 6.92 Å². The number of carbonyl (C=O) groups excluding carboxylic acids is 1. The lowest BCUT2D eigenvalue weighted by atomic mass is 10.0. The second-order valence-corrected chi connectivity index (χ2v) is 7.54. The molecule has 0 aromatic heterocycles. The van der Waals surface area contributed by atoms with Gasteiger partial charge in [-0.3, -0.25) is 9.59 Å². The summed E-state index contributed by atoms with van der Waals surface area (Å²) in [5.74, 6) is -2.40. The predicted molar refractivity (Wildman–Crippen MR) is 83.2 cm³/mol. The number of aliphatic carboxylic acids is 1. The molecule has 24 heavy (non-hydrogen) atoms. The van der Waals surface area contributed by atoms with E-state index in [0.717, 1.165) is 28.6 Å². The van der Waals surface area contributed by atoms with Gasteiger partial charge >= 0.3 is 5.97 Å². The number of carboxylic acids is 1. The highest BCUT2D eigenvalue weighted by molar-refractivity contribution is 7.89. The highest BCUT2D eigenvalue weighted by atomic mass is 32.2. The summed E-state index contributed by atoms with van der Waals surface area (Å²) < 4.78 is 39.6. The summed E-state index contributed by atoms with van der Waals surface area (Å²) in [5, 5.41) is 11.2. The van der Waals surface area contributed by atoms with Crippen molar-refractivity contribution in [2.45, 2.75) is 43.2 Å². The van der Waals surface area contributed by atoms with Gasteiger partial charge in [-0.2, -0.15) is 4.31 Å². The van der Waals surface area contributed by atoms with E-state index in [1.54, 1.807) is 0 Å². The third kappa shape index (κ3) is 3.90. The molecule has 9 heteroatoms. The molecular formula is C15H19FN2O5S. The second-order valence-electron chi connectivity index (χ2n) is 5.65. The highest BCUT2D eigenvalue weighted by Crippen LogP contribution is 2.25. The second kappa shape index (κ2) is 7.27. The van der Waals surface area contributed by atoms with Crippen molar-refractivity contribution in [1.82, 2.24) is 9.62 Å². The molecule has 2 rings (SSSR count). The van der Waals surface area contributed by atoms with Crippen LogP contribution < -0.4 is 5.32 Å². The lowest BCUT2D eigenvalue weighted by Crippen LogP contribution is -2.54. The van der Waals surface area contributed by atoms with Crippen LogP contribution in [0.3, 0.4) is 0 Å². The third-order valence-corrected chi connectivity index (χ3v) is 5.83. The Bertz CT molecular complexity index is 720. The molecule has 0 aliphatic carbocycles. The maximum absolute atomic E-state index is 13.0. The van der Waals surface area contributed by atoms with Crippen molar-refractivity contribution in [1.29, 1.82) is 0 Å². The number of halogens is 1. The van der Waals surface area contributed by atoms with Gasteiger partial charge in [-0.1, -0.05) is 6.42 Å². The molecule has 0 spiro atoms. The highest BCUT2D eigenvalue weighted by Gasteiger charge is 2.38. The van der Waals surface area contributed by atoms with Crippen molar-refractivity contribution >= 4 is 21.9 Å². The molecule has 1 amide bonds. The molecule has 0 unspecified atom stereocenters. The number of hydrogen-bond donors (Lipinski definition) is 2. The molecule has 1 aromatic rings. The van der Waals surface area contributed by atoms with E-state index in [4.69, 9.17) is 5.11 Å². The number of nitrogens with zero attached hydrogens (tertiary/aromatic N) is 1. The summed E-state index contributed by atoms with van der Waals surface area (Å²) in [6.07, 6.45) is 1.56. The van der Waals surface area contributed by atoms with Gasteiger partial charge in [-0.15, -0.1) is 0 Å². The lowest BCUT2D eigenvalue weighted by molar-refractivity contribution is -0.142. The van der Waals surface area contributed by atoms with Crippen molar-refractivity contribution in [2.24, 2.45) is 0 Å². The van der Waals surface area contributed by atoms with Gasteiger partial charge in [-0.25, -0.2) is 12.8 Å². The van der Waals surface area contributed by atoms with E-state index in [0.29, 0.717) is 19.3 Å². The number of rotatable bonds is 5. The van der Waals surface area contributed by atoms with E-state index in [1.807, 2.05) is 0 Å². The Hall–Kier alpha value is -2.00. The van der Waals surface area contributed by atoms with Gasteiger partial charge in [0.25, 0.3) is 0 Å². The Balaban J connectivity index is 2.26. The van der Waals surface area contributed by atoms with Gasteiger partial charge in [0.05, 0.1) is 4.90 Å². The number of nitrogens with one attached hydrogen (secondary N) is 1. The van der Waals surface area contributed by atoms with Crippen LogP contribution in [0, 0.1) is 5.82 Å². The first-order valence-corrected chi connectivity index (χ1v) is 8.98. The van der Waals surface area contributed by atoms with E-state index in [-0.39, 0.29) is 11.4 Å². The van der Waals surface area contributed by atoms with E-state index >= 15 is 0 Å². The summed E-state index contributed by atoms with van der Waals surface area (Å²) in [6.45, 7) is 1.46. The Morgan fingerprint density at radius 3 is 2.50 bits per heavy atom. The van der Waals surface area contributed by atoms with Crippen LogP contribution in [0.25, 0.3) is 0 Å². The number of piperidine rings is 1. The van der Waals surface area contributed by atoms with Crippen LogP contribution >= 0.6 is 0 Å². The summed E-state index contributed by atoms with van der Waals surface area (Å²) in [7, 11) is -3.97. The average molecular weight is 358 g/mol. The number of carboxylic acid groups (broad SMARTS) is 1. The minimum absolute atomic E-state index is 0.102. The maximum Gasteiger partial charge on any atom is 0.325 e. The van der Waals surface area contributed by atoms with Crippen LogP contribution in [-0.4, -0.2) is 48.3 Å². The fourth-order valence-electron chi connectivity index (χ4n) is 2.57. The third-order valence-electron chi connectivity index (χ3n) is 3.91. The monoisotopic (exact) mass is 358 g/mol. The molecule has 1 heterocycles. The van der Waals surface area contributed by atoms with Gasteiger partial charge in [-0.05, 0) is 44.0 Å². The molecule has 0 bridgehead atoms. The number of sulfonamides is 1. The number of carbonyl (C=O) groups is 2. The van der Waals surface area contributed by atoms with Gasteiger partial charge in [0.2, 0.25) is 15.9 Å². The summed E-state index contributed by atoms with van der Waals surface area (Å²) in [6, 6.07) is 2.28. The van der Waals surface area contributed by atoms with Crippen LogP contribution in [0.15, 0.2) is 29.2 Å². The number of benzene rings is 1. The molecule has 1 aliphatic rings. The number of amides is 1. The van der Waals surface area contributed by atoms with Crippen LogP contribution in [0.2, 0.25) is 0 Å². The summed E-state index contributed by atoms with van der Waals surface area (Å²) >= 11 is 0. The largest absolute Gasteiger partial charge is 0.480 e. The van der Waals surface area contributed by atoms with Crippen molar-refractivity contribution in [3.63, 3.8) is 0 Å². The zero-order valence-corrected chi connectivity index (χ0v) is 13.9. The van der Waals surface area contributed by atoms with Crippen LogP contribution in [-0.2, 0) is 19.6 Å². The summed E-state index contributed by atoms with van der Waals surface area (Å²) in [5.41, 5.74) is 0. The molecule has 1 fully saturated rings. The first-order chi connectivity index (χ1) is 11.2. The minimum Gasteiger partial charge on any atom is -0.480 e. The van der Waals surface area contributed by atoms with E-state index < -0.39 is 39.8 Å². The predicted octanol–water partition coefficient (Wildman–Crippen LogP) is 0.958. The molecular weight excluding hydrogens is 339 g/mol. The van der Waals surface area contributed by atoms with Crippen molar-refractivity contribution in [3.05, 3.63) is 30.1 Å². The average Bonchev–Trinajstić information content (AvgIpc) is 2.55. The SMILES string of the molecule is C[C@H](NC(=O)[C@H]1CCCCN1S(=O)(=O)c1ccc(F)cc1)C(=O)O. The van der Waals surface area contributed by atoms with Crippen molar-refractivity contribution in [3.8, 4) is 0 Å². The Labute approximate surface area is 139 Å². The van der Waals surface area contributed by atoms with Crippen LogP contribution in [0.4, 0.5) is 4.39 Å². The quantitative estimate of drug-likeness (QED) is 0.816. The lowest BCUT2D eigenvalue weighted by Gasteiger charge is -2.34. The molecule has 2 N–H and O–H groups in total. The molecule has 1 aliphatic heterocycles. The molecule has 0 radical (unpaired) electrons. The van der Waals surface area contributed by atoms with E-state index in [2.05, 4.69) is 5.32 Å². The topological polar surface area (TPSA) is 104 Å². The first-order valence-electron chi connectivity index (χ1n) is 7.54. The normalized spacial score (nSPS) is 20.3. The molecule has 0 saturated carbocycles. The Morgan fingerprint density at radius 1 is 1.29 bits per heavy atom. The van der Waals surface area contributed by atoms with Crippen molar-refractivity contribution in [2.75, 3.05) is 6.54 Å². The Morgan fingerprint density at radius 2 is 1.92 bits per heavy atom. The smallest absolute Gasteiger partial charge is 0.325 e. The van der Waals surface area contributed by atoms with E-state index in [9.17, 15) is 22.4 Å². The minimum atomic E-state index is -3.97. The molecule has 7 nitrogen and oxygen atoms in total. The zero-order valence-electron chi connectivity index (χ0n) is 13.1. The standard InChI is InChI=1S/C15H19FN2O5S/c1-10(15(20)21)17-14(19)13-4-2-3-9-18(13)24(22,23)12-7-5-11(16)6-8-12/h5-8,10,13H,2-4,9H2,1H3,(H,17,19)(H,20,21)/t10-,13+/m0/s1. The first kappa shape index (κ1) is 18.3. The summed E-state index contributed by atoms with van der Waals surface area (Å²) in [4.78, 5) is 23.1. The van der Waals surface area contributed by atoms with Gasteiger partial charge < -0.3 is 10.4 Å². The molecule has 1 aromatic carbocycles. The fourth-order valence-corrected chi connectivity index (χ4v) is 4.22. The van der Waals surface area contributed by atoms with Crippen molar-refractivity contribution < 1.29 is 27.5 Å².